The summed E-state index contributed by atoms with van der Waals surface area (Å²) < 4.78 is 39.2. The number of nitrogens with one attached hydrogen (secondary N) is 1. The second kappa shape index (κ2) is 17.1. The van der Waals surface area contributed by atoms with Crippen molar-refractivity contribution < 1.29 is 32.1 Å². The maximum absolute atomic E-state index is 13.2. The lowest BCUT2D eigenvalue weighted by Gasteiger charge is -2.18. The van der Waals surface area contributed by atoms with Crippen LogP contribution in [-0.2, 0) is 44.5 Å². The van der Waals surface area contributed by atoms with Gasteiger partial charge in [0.1, 0.15) is 5.56 Å². The number of halogens is 1. The van der Waals surface area contributed by atoms with Crippen LogP contribution in [-0.4, -0.2) is 66.2 Å². The second-order valence-corrected chi connectivity index (χ2v) is 12.9. The van der Waals surface area contributed by atoms with E-state index in [9.17, 15) is 32.1 Å². The molecule has 0 aliphatic heterocycles. The Morgan fingerprint density at radius 1 is 0.978 bits per heavy atom. The van der Waals surface area contributed by atoms with E-state index >= 15 is 0 Å². The highest BCUT2D eigenvalue weighted by atomic mass is 35.5. The number of fused-ring (bicyclic) bond motifs is 1. The van der Waals surface area contributed by atoms with Gasteiger partial charge in [-0.3, -0.25) is 19.2 Å². The molecule has 1 N–H and O–H groups in total. The van der Waals surface area contributed by atoms with Gasteiger partial charge in [-0.05, 0) is 61.1 Å². The number of unbranched alkanes of at least 4 members (excludes halogenated alkanes) is 3. The van der Waals surface area contributed by atoms with Gasteiger partial charge in [0.2, 0.25) is 11.3 Å². The zero-order valence-corrected chi connectivity index (χ0v) is 27.1. The Labute approximate surface area is 268 Å². The fraction of sp³-hybridized carbons (Fsp3) is 0.438. The van der Waals surface area contributed by atoms with Crippen LogP contribution < -0.4 is 10.7 Å². The fourth-order valence-electron chi connectivity index (χ4n) is 4.73. The molecule has 0 spiro atoms. The molecule has 45 heavy (non-hydrogen) atoms. The number of esters is 1. The smallest absolute Gasteiger partial charge is 0.305 e. The lowest BCUT2D eigenvalue weighted by Crippen LogP contribution is -2.31. The van der Waals surface area contributed by atoms with E-state index in [1.165, 1.54) is 18.1 Å². The summed E-state index contributed by atoms with van der Waals surface area (Å²) in [5.41, 5.74) is 2.16. The molecular weight excluding hydrogens is 622 g/mol. The quantitative estimate of drug-likeness (QED) is 0.130. The minimum Gasteiger partial charge on any atom is -0.748 e. The third-order valence-electron chi connectivity index (χ3n) is 7.36. The summed E-state index contributed by atoms with van der Waals surface area (Å²) in [7, 11) is -1.11. The van der Waals surface area contributed by atoms with Crippen LogP contribution in [0.4, 0.5) is 0 Å². The summed E-state index contributed by atoms with van der Waals surface area (Å²) in [6.07, 6.45) is 5.92. The summed E-state index contributed by atoms with van der Waals surface area (Å²) in [5.74, 6) is -1.59. The van der Waals surface area contributed by atoms with Crippen LogP contribution in [0.1, 0.15) is 66.4 Å². The number of nitrogens with zero attached hydrogens (tertiary/aromatic N) is 2. The van der Waals surface area contributed by atoms with Gasteiger partial charge in [0, 0.05) is 56.6 Å². The van der Waals surface area contributed by atoms with Gasteiger partial charge in [-0.15, -0.1) is 0 Å². The van der Waals surface area contributed by atoms with Crippen molar-refractivity contribution in [3.05, 3.63) is 80.6 Å². The van der Waals surface area contributed by atoms with Crippen molar-refractivity contribution >= 4 is 50.4 Å². The number of rotatable bonds is 17. The molecule has 2 aromatic carbocycles. The van der Waals surface area contributed by atoms with E-state index in [0.29, 0.717) is 41.6 Å². The molecule has 13 heteroatoms. The molecule has 11 nitrogen and oxygen atoms in total. The van der Waals surface area contributed by atoms with E-state index in [-0.39, 0.29) is 55.4 Å². The average Bonchev–Trinajstić information content (AvgIpc) is 3.00. The minimum atomic E-state index is -4.36. The number of benzene rings is 2. The van der Waals surface area contributed by atoms with Crippen molar-refractivity contribution in [2.24, 2.45) is 7.05 Å². The fourth-order valence-corrected chi connectivity index (χ4v) is 5.36. The highest BCUT2D eigenvalue weighted by Gasteiger charge is 2.15. The summed E-state index contributed by atoms with van der Waals surface area (Å²) in [4.78, 5) is 51.4. The van der Waals surface area contributed by atoms with Gasteiger partial charge in [-0.1, -0.05) is 42.6 Å². The molecule has 244 valence electrons. The Morgan fingerprint density at radius 3 is 2.33 bits per heavy atom. The highest BCUT2D eigenvalue weighted by Crippen LogP contribution is 2.16. The van der Waals surface area contributed by atoms with Crippen LogP contribution in [0, 0.1) is 0 Å². The zero-order valence-electron chi connectivity index (χ0n) is 25.6. The molecule has 3 rings (SSSR count). The first kappa shape index (κ1) is 35.7. The summed E-state index contributed by atoms with van der Waals surface area (Å²) >= 11 is 5.91. The van der Waals surface area contributed by atoms with Gasteiger partial charge in [0.25, 0.3) is 5.91 Å². The summed E-state index contributed by atoms with van der Waals surface area (Å²) in [5, 5.41) is 3.83. The summed E-state index contributed by atoms with van der Waals surface area (Å²) in [6, 6.07) is 12.6. The SMILES string of the molecule is CN(CCS(=O)(=O)[O-])C(=O)CCCCCCC(=O)OCCCc1ccc2c(c1)c(=O)c(C(=O)NCc1ccc(Cl)cc1)cn2C. The van der Waals surface area contributed by atoms with Gasteiger partial charge in [-0.2, -0.15) is 0 Å². The Morgan fingerprint density at radius 2 is 1.64 bits per heavy atom. The van der Waals surface area contributed by atoms with Gasteiger partial charge in [0.15, 0.2) is 0 Å². The van der Waals surface area contributed by atoms with Crippen molar-refractivity contribution in [3.8, 4) is 0 Å². The van der Waals surface area contributed by atoms with Gasteiger partial charge >= 0.3 is 5.97 Å². The van der Waals surface area contributed by atoms with Crippen LogP contribution in [0.5, 0.6) is 0 Å². The third kappa shape index (κ3) is 11.9. The van der Waals surface area contributed by atoms with Crippen LogP contribution >= 0.6 is 11.6 Å². The topological polar surface area (TPSA) is 155 Å². The number of amides is 2. The molecule has 0 aliphatic rings. The largest absolute Gasteiger partial charge is 0.748 e. The van der Waals surface area contributed by atoms with Crippen LogP contribution in [0.15, 0.2) is 53.5 Å². The first-order chi connectivity index (χ1) is 21.3. The molecule has 0 saturated heterocycles. The lowest BCUT2D eigenvalue weighted by molar-refractivity contribution is -0.143. The van der Waals surface area contributed by atoms with Gasteiger partial charge in [0.05, 0.1) is 28.0 Å². The number of carbonyl (C=O) groups excluding carboxylic acids is 3. The molecule has 0 saturated carbocycles. The minimum absolute atomic E-state index is 0.0532. The predicted octanol–water partition coefficient (Wildman–Crippen LogP) is 3.94. The average molecular weight is 661 g/mol. The molecule has 0 unspecified atom stereocenters. The molecule has 3 aromatic rings. The monoisotopic (exact) mass is 660 g/mol. The Balaban J connectivity index is 1.38. The van der Waals surface area contributed by atoms with E-state index in [2.05, 4.69) is 5.32 Å². The maximum Gasteiger partial charge on any atom is 0.305 e. The molecule has 0 aliphatic carbocycles. The standard InChI is InChI=1S/C32H40ClN3O8S/c1-35(17-19-45(41,42)43)29(37)9-5-3-4-6-10-30(38)44-18-7-8-23-13-16-28-26(20-23)31(39)27(22-36(28)2)32(40)34-21-24-11-14-25(33)15-12-24/h11-16,20,22H,3-10,17-19,21H2,1-2H3,(H,34,40)(H,41,42,43)/p-1. The number of aryl methyl sites for hydroxylation is 2. The first-order valence-corrected chi connectivity index (χ1v) is 16.8. The Hall–Kier alpha value is -3.74. The van der Waals surface area contributed by atoms with Crippen molar-refractivity contribution in [1.82, 2.24) is 14.8 Å². The normalized spacial score (nSPS) is 11.4. The molecule has 0 atom stereocenters. The molecule has 0 fully saturated rings. The summed E-state index contributed by atoms with van der Waals surface area (Å²) in [6.45, 7) is 0.376. The molecule has 2 amide bonds. The van der Waals surface area contributed by atoms with Gasteiger partial charge in [-0.25, -0.2) is 8.42 Å². The predicted molar refractivity (Wildman–Crippen MR) is 171 cm³/mol. The van der Waals surface area contributed by atoms with E-state index in [1.54, 1.807) is 41.9 Å². The van der Waals surface area contributed by atoms with Crippen molar-refractivity contribution in [3.63, 3.8) is 0 Å². The number of hydrogen-bond acceptors (Lipinski definition) is 8. The van der Waals surface area contributed by atoms with Crippen LogP contribution in [0.3, 0.4) is 0 Å². The number of hydrogen-bond donors (Lipinski definition) is 1. The first-order valence-electron chi connectivity index (χ1n) is 14.8. The highest BCUT2D eigenvalue weighted by molar-refractivity contribution is 7.85. The Kier molecular flexibility index (Phi) is 13.6. The molecule has 0 bridgehead atoms. The maximum atomic E-state index is 13.2. The lowest BCUT2D eigenvalue weighted by atomic mass is 10.0. The number of pyridine rings is 1. The number of aromatic nitrogens is 1. The second-order valence-electron chi connectivity index (χ2n) is 11.0. The van der Waals surface area contributed by atoms with E-state index in [4.69, 9.17) is 16.3 Å². The molecule has 1 heterocycles. The van der Waals surface area contributed by atoms with E-state index in [0.717, 1.165) is 24.0 Å². The Bertz CT molecular complexity index is 1660. The van der Waals surface area contributed by atoms with Crippen molar-refractivity contribution in [2.75, 3.05) is 26.0 Å². The van der Waals surface area contributed by atoms with Crippen LogP contribution in [0.2, 0.25) is 5.02 Å². The zero-order chi connectivity index (χ0) is 33.0. The molecule has 0 radical (unpaired) electrons. The number of ether oxygens (including phenoxy) is 1. The van der Waals surface area contributed by atoms with Gasteiger partial charge < -0.3 is 24.1 Å². The van der Waals surface area contributed by atoms with E-state index in [1.807, 2.05) is 12.1 Å². The molecular formula is C32H39ClN3O8S-. The van der Waals surface area contributed by atoms with Crippen molar-refractivity contribution in [2.45, 2.75) is 57.9 Å². The third-order valence-corrected chi connectivity index (χ3v) is 8.30. The van der Waals surface area contributed by atoms with Crippen molar-refractivity contribution in [1.29, 1.82) is 0 Å². The number of carbonyl (C=O) groups is 3. The van der Waals surface area contributed by atoms with E-state index < -0.39 is 21.8 Å². The molecule has 1 aromatic heterocycles. The van der Waals surface area contributed by atoms with Crippen LogP contribution in [0.25, 0.3) is 10.9 Å².